The highest BCUT2D eigenvalue weighted by Gasteiger charge is 2.34. The van der Waals surface area contributed by atoms with Crippen LogP contribution in [-0.2, 0) is 21.2 Å². The van der Waals surface area contributed by atoms with E-state index in [1.165, 1.54) is 10.4 Å². The number of sulfonamides is 1. The minimum Gasteiger partial charge on any atom is -0.355 e. The third-order valence-electron chi connectivity index (χ3n) is 4.84. The number of hydrogen-bond acceptors (Lipinski definition) is 5. The Bertz CT molecular complexity index is 815. The molecule has 0 saturated carbocycles. The summed E-state index contributed by atoms with van der Waals surface area (Å²) in [5.74, 6) is -0.799. The van der Waals surface area contributed by atoms with Crippen molar-refractivity contribution < 1.29 is 18.0 Å². The minimum absolute atomic E-state index is 0. The second-order valence-electron chi connectivity index (χ2n) is 6.61. The van der Waals surface area contributed by atoms with E-state index in [-0.39, 0.29) is 41.6 Å². The van der Waals surface area contributed by atoms with Gasteiger partial charge in [0.2, 0.25) is 15.9 Å². The topological polar surface area (TPSA) is 122 Å². The van der Waals surface area contributed by atoms with Crippen LogP contribution in [0.1, 0.15) is 28.8 Å². The summed E-state index contributed by atoms with van der Waals surface area (Å²) in [4.78, 5) is 24.3. The maximum Gasteiger partial charge on any atom is 0.251 e. The first-order chi connectivity index (χ1) is 12.4. The summed E-state index contributed by atoms with van der Waals surface area (Å²) in [7, 11) is -3.76. The summed E-state index contributed by atoms with van der Waals surface area (Å²) in [6.45, 7) is 1.79. The second kappa shape index (κ2) is 9.01. The van der Waals surface area contributed by atoms with Gasteiger partial charge in [0.05, 0.1) is 10.8 Å². The third kappa shape index (κ3) is 4.60. The number of carbonyl (C=O) groups excluding carboxylic acids is 2. The van der Waals surface area contributed by atoms with E-state index in [1.54, 1.807) is 12.1 Å². The molecule has 27 heavy (non-hydrogen) atoms. The van der Waals surface area contributed by atoms with Gasteiger partial charge in [-0.25, -0.2) is 8.42 Å². The van der Waals surface area contributed by atoms with Crippen molar-refractivity contribution in [3.8, 4) is 0 Å². The van der Waals surface area contributed by atoms with Gasteiger partial charge in [-0.15, -0.1) is 12.4 Å². The largest absolute Gasteiger partial charge is 0.355 e. The Morgan fingerprint density at radius 1 is 1.37 bits per heavy atom. The van der Waals surface area contributed by atoms with Crippen LogP contribution in [0.15, 0.2) is 23.1 Å². The maximum atomic E-state index is 13.0. The molecule has 1 atom stereocenters. The standard InChI is InChI=1S/C17H24N4O4S.ClH/c18-6-8-20-16(22)13-2-1-9-21(11-13)26(24,25)14-4-3-12-5-7-19-17(23)15(12)10-14;/h3-4,10,13H,1-2,5-9,11,18H2,(H,19,23)(H,20,22);1H. The average molecular weight is 417 g/mol. The SMILES string of the molecule is Cl.NCCNC(=O)C1CCCN(S(=O)(=O)c2ccc3c(c2)C(=O)NCC3)C1. The molecule has 8 nitrogen and oxygen atoms in total. The predicted molar refractivity (Wildman–Crippen MR) is 103 cm³/mol. The van der Waals surface area contributed by atoms with Crippen molar-refractivity contribution in [3.63, 3.8) is 0 Å². The lowest BCUT2D eigenvalue weighted by Crippen LogP contribution is -2.46. The quantitative estimate of drug-likeness (QED) is 0.617. The number of benzene rings is 1. The Kier molecular flexibility index (Phi) is 7.21. The van der Waals surface area contributed by atoms with E-state index in [0.717, 1.165) is 5.56 Å². The highest BCUT2D eigenvalue weighted by Crippen LogP contribution is 2.26. The third-order valence-corrected chi connectivity index (χ3v) is 6.70. The molecule has 1 aromatic carbocycles. The average Bonchev–Trinajstić information content (AvgIpc) is 2.66. The summed E-state index contributed by atoms with van der Waals surface area (Å²) >= 11 is 0. The van der Waals surface area contributed by atoms with Crippen LogP contribution < -0.4 is 16.4 Å². The van der Waals surface area contributed by atoms with Gasteiger partial charge in [-0.1, -0.05) is 6.07 Å². The van der Waals surface area contributed by atoms with Crippen LogP contribution in [0.3, 0.4) is 0 Å². The first kappa shape index (κ1) is 21.6. The predicted octanol–water partition coefficient (Wildman–Crippen LogP) is -0.130. The van der Waals surface area contributed by atoms with E-state index >= 15 is 0 Å². The number of nitrogens with zero attached hydrogens (tertiary/aromatic N) is 1. The zero-order valence-electron chi connectivity index (χ0n) is 14.9. The lowest BCUT2D eigenvalue weighted by atomic mass is 9.99. The van der Waals surface area contributed by atoms with Gasteiger partial charge < -0.3 is 16.4 Å². The van der Waals surface area contributed by atoms with Gasteiger partial charge in [0.25, 0.3) is 5.91 Å². The van der Waals surface area contributed by atoms with Crippen molar-refractivity contribution >= 4 is 34.2 Å². The van der Waals surface area contributed by atoms with E-state index in [0.29, 0.717) is 51.0 Å². The number of fused-ring (bicyclic) bond motifs is 1. The maximum absolute atomic E-state index is 13.0. The monoisotopic (exact) mass is 416 g/mol. The van der Waals surface area contributed by atoms with E-state index in [1.807, 2.05) is 0 Å². The summed E-state index contributed by atoms with van der Waals surface area (Å²) in [5, 5.41) is 5.45. The van der Waals surface area contributed by atoms with Gasteiger partial charge in [0.1, 0.15) is 0 Å². The molecule has 0 radical (unpaired) electrons. The summed E-state index contributed by atoms with van der Waals surface area (Å²) in [6.07, 6.45) is 1.95. The number of amides is 2. The van der Waals surface area contributed by atoms with Crippen molar-refractivity contribution in [2.45, 2.75) is 24.2 Å². The van der Waals surface area contributed by atoms with Crippen LogP contribution in [-0.4, -0.2) is 57.3 Å². The van der Waals surface area contributed by atoms with Crippen LogP contribution in [0.2, 0.25) is 0 Å². The number of nitrogens with two attached hydrogens (primary N) is 1. The number of hydrogen-bond donors (Lipinski definition) is 3. The summed E-state index contributed by atoms with van der Waals surface area (Å²) in [5.41, 5.74) is 6.65. The molecule has 1 fully saturated rings. The Morgan fingerprint density at radius 3 is 2.89 bits per heavy atom. The molecule has 2 aliphatic heterocycles. The van der Waals surface area contributed by atoms with Crippen LogP contribution in [0.4, 0.5) is 0 Å². The number of halogens is 1. The van der Waals surface area contributed by atoms with Gasteiger partial charge >= 0.3 is 0 Å². The van der Waals surface area contributed by atoms with Gasteiger partial charge in [-0.2, -0.15) is 4.31 Å². The Morgan fingerprint density at radius 2 is 2.15 bits per heavy atom. The van der Waals surface area contributed by atoms with E-state index in [2.05, 4.69) is 10.6 Å². The van der Waals surface area contributed by atoms with Crippen LogP contribution >= 0.6 is 12.4 Å². The molecule has 2 aliphatic rings. The van der Waals surface area contributed by atoms with Gasteiger partial charge in [-0.3, -0.25) is 9.59 Å². The number of nitrogens with one attached hydrogen (secondary N) is 2. The van der Waals surface area contributed by atoms with Crippen molar-refractivity contribution in [2.24, 2.45) is 11.7 Å². The molecule has 10 heteroatoms. The van der Waals surface area contributed by atoms with Gasteiger partial charge in [0, 0.05) is 38.3 Å². The molecule has 150 valence electrons. The first-order valence-corrected chi connectivity index (χ1v) is 10.3. The fourth-order valence-electron chi connectivity index (χ4n) is 3.41. The first-order valence-electron chi connectivity index (χ1n) is 8.82. The van der Waals surface area contributed by atoms with Crippen molar-refractivity contribution in [1.82, 2.24) is 14.9 Å². The second-order valence-corrected chi connectivity index (χ2v) is 8.54. The molecule has 0 aromatic heterocycles. The smallest absolute Gasteiger partial charge is 0.251 e. The molecular weight excluding hydrogens is 392 g/mol. The van der Waals surface area contributed by atoms with Crippen molar-refractivity contribution in [3.05, 3.63) is 29.3 Å². The fourth-order valence-corrected chi connectivity index (χ4v) is 4.97. The van der Waals surface area contributed by atoms with E-state index in [4.69, 9.17) is 5.73 Å². The number of rotatable bonds is 5. The molecule has 0 spiro atoms. The number of carbonyl (C=O) groups is 2. The summed E-state index contributed by atoms with van der Waals surface area (Å²) < 4.78 is 27.3. The molecule has 0 aliphatic carbocycles. The lowest BCUT2D eigenvalue weighted by molar-refractivity contribution is -0.126. The molecule has 3 rings (SSSR count). The number of piperidine rings is 1. The molecule has 1 aromatic rings. The van der Waals surface area contributed by atoms with Gasteiger partial charge in [0.15, 0.2) is 0 Å². The lowest BCUT2D eigenvalue weighted by Gasteiger charge is -2.31. The van der Waals surface area contributed by atoms with E-state index < -0.39 is 10.0 Å². The molecule has 0 bridgehead atoms. The minimum atomic E-state index is -3.76. The Balaban J connectivity index is 0.00000261. The zero-order valence-corrected chi connectivity index (χ0v) is 16.6. The van der Waals surface area contributed by atoms with E-state index in [9.17, 15) is 18.0 Å². The zero-order chi connectivity index (χ0) is 18.7. The van der Waals surface area contributed by atoms with Gasteiger partial charge in [-0.05, 0) is 37.0 Å². The van der Waals surface area contributed by atoms with Crippen molar-refractivity contribution in [1.29, 1.82) is 0 Å². The molecule has 1 saturated heterocycles. The van der Waals surface area contributed by atoms with Crippen LogP contribution in [0.25, 0.3) is 0 Å². The summed E-state index contributed by atoms with van der Waals surface area (Å²) in [6, 6.07) is 4.69. The Hall–Kier alpha value is -1.68. The Labute approximate surface area is 165 Å². The van der Waals surface area contributed by atoms with Crippen LogP contribution in [0.5, 0.6) is 0 Å². The fraction of sp³-hybridized carbons (Fsp3) is 0.529. The highest BCUT2D eigenvalue weighted by molar-refractivity contribution is 7.89. The van der Waals surface area contributed by atoms with Crippen molar-refractivity contribution in [2.75, 3.05) is 32.7 Å². The molecule has 2 amide bonds. The molecular formula is C17H25ClN4O4S. The molecule has 4 N–H and O–H groups in total. The normalized spacial score (nSPS) is 20.2. The highest BCUT2D eigenvalue weighted by atomic mass is 35.5. The molecule has 1 unspecified atom stereocenters. The van der Waals surface area contributed by atoms with Crippen LogP contribution in [0, 0.1) is 5.92 Å². The molecule has 2 heterocycles.